The van der Waals surface area contributed by atoms with Gasteiger partial charge < -0.3 is 9.84 Å². The molecule has 0 spiro atoms. The number of hydrogen-bond acceptors (Lipinski definition) is 4. The quantitative estimate of drug-likeness (QED) is 0.254. The number of aliphatic hydroxyl groups is 1. The Morgan fingerprint density at radius 2 is 2.08 bits per heavy atom. The van der Waals surface area contributed by atoms with E-state index in [0.29, 0.717) is 0 Å². The molecule has 0 saturated carbocycles. The molecule has 0 heterocycles. The van der Waals surface area contributed by atoms with E-state index in [1.807, 2.05) is 0 Å². The third-order valence-corrected chi connectivity index (χ3v) is 1.75. The van der Waals surface area contributed by atoms with E-state index in [0.717, 1.165) is 0 Å². The summed E-state index contributed by atoms with van der Waals surface area (Å²) in [5.41, 5.74) is 0. The molecule has 0 bridgehead atoms. The van der Waals surface area contributed by atoms with Crippen LogP contribution in [0.1, 0.15) is 0 Å². The number of hydrogen-bond donors (Lipinski definition) is 2. The van der Waals surface area contributed by atoms with E-state index in [9.17, 15) is 8.42 Å². The molecule has 1 atom stereocenters. The molecule has 2 N–H and O–H groups in total. The van der Waals surface area contributed by atoms with Gasteiger partial charge in [-0.25, -0.2) is 0 Å². The van der Waals surface area contributed by atoms with E-state index in [-0.39, 0.29) is 42.8 Å². The van der Waals surface area contributed by atoms with Gasteiger partial charge in [0, 0.05) is 0 Å². The minimum atomic E-state index is -4.12. The molecular formula is C6H13NaO5S. The van der Waals surface area contributed by atoms with Crippen LogP contribution in [0.5, 0.6) is 0 Å². The number of rotatable bonds is 6. The van der Waals surface area contributed by atoms with Gasteiger partial charge in [-0.3, -0.25) is 4.55 Å². The normalized spacial score (nSPS) is 13.1. The Kier molecular flexibility index (Phi) is 9.77. The van der Waals surface area contributed by atoms with Gasteiger partial charge in [-0.2, -0.15) is 8.42 Å². The topological polar surface area (TPSA) is 83.8 Å². The third-order valence-electron chi connectivity index (χ3n) is 0.949. The average molecular weight is 220 g/mol. The average Bonchev–Trinajstić information content (AvgIpc) is 1.84. The fourth-order valence-corrected chi connectivity index (χ4v) is 1.16. The van der Waals surface area contributed by atoms with Gasteiger partial charge in [-0.05, 0) is 0 Å². The van der Waals surface area contributed by atoms with E-state index in [1.165, 1.54) is 6.08 Å². The second kappa shape index (κ2) is 7.93. The van der Waals surface area contributed by atoms with E-state index in [2.05, 4.69) is 6.58 Å². The van der Waals surface area contributed by atoms with Crippen LogP contribution in [0.25, 0.3) is 0 Å². The van der Waals surface area contributed by atoms with Crippen molar-refractivity contribution in [3.8, 4) is 0 Å². The van der Waals surface area contributed by atoms with Crippen LogP contribution in [0.4, 0.5) is 0 Å². The van der Waals surface area contributed by atoms with Crippen LogP contribution in [0.2, 0.25) is 0 Å². The van der Waals surface area contributed by atoms with E-state index in [1.54, 1.807) is 0 Å². The zero-order valence-corrected chi connectivity index (χ0v) is 7.33. The predicted octanol–water partition coefficient (Wildman–Crippen LogP) is -1.21. The molecule has 1 unspecified atom stereocenters. The van der Waals surface area contributed by atoms with Gasteiger partial charge in [0.05, 0.1) is 19.3 Å². The Bertz CT molecular complexity index is 225. The van der Waals surface area contributed by atoms with Crippen molar-refractivity contribution in [1.82, 2.24) is 0 Å². The Balaban J connectivity index is 0. The maximum absolute atomic E-state index is 10.2. The summed E-state index contributed by atoms with van der Waals surface area (Å²) in [7, 11) is -4.12. The summed E-state index contributed by atoms with van der Waals surface area (Å²) in [6, 6.07) is 0. The SMILES string of the molecule is C=CCOCC(O)CS(=O)(=O)O.[NaH]. The first kappa shape index (κ1) is 16.0. The standard InChI is InChI=1S/C6H12O5S.Na.H/c1-2-3-11-4-6(7)5-12(8,9)10;;/h2,6-7H,1,3-5H2,(H,8,9,10);;. The van der Waals surface area contributed by atoms with Crippen LogP contribution in [0.15, 0.2) is 12.7 Å². The predicted molar refractivity (Wildman–Crippen MR) is 50.6 cm³/mol. The molecule has 0 rings (SSSR count). The number of ether oxygens (including phenoxy) is 1. The molecule has 5 nitrogen and oxygen atoms in total. The first-order valence-corrected chi connectivity index (χ1v) is 4.88. The Morgan fingerprint density at radius 1 is 1.54 bits per heavy atom. The van der Waals surface area contributed by atoms with Gasteiger partial charge in [0.25, 0.3) is 10.1 Å². The Labute approximate surface area is 99.8 Å². The fraction of sp³-hybridized carbons (Fsp3) is 0.667. The van der Waals surface area contributed by atoms with E-state index in [4.69, 9.17) is 14.4 Å². The first-order valence-electron chi connectivity index (χ1n) is 3.27. The molecule has 0 fully saturated rings. The Morgan fingerprint density at radius 3 is 2.46 bits per heavy atom. The van der Waals surface area contributed by atoms with Crippen molar-refractivity contribution in [2.24, 2.45) is 0 Å². The van der Waals surface area contributed by atoms with Crippen molar-refractivity contribution >= 4 is 39.7 Å². The second-order valence-corrected chi connectivity index (χ2v) is 3.73. The molecule has 74 valence electrons. The van der Waals surface area contributed by atoms with Gasteiger partial charge in [-0.15, -0.1) is 6.58 Å². The summed E-state index contributed by atoms with van der Waals surface area (Å²) in [6.45, 7) is 3.46. The molecule has 0 aliphatic heterocycles. The maximum atomic E-state index is 10.2. The summed E-state index contributed by atoms with van der Waals surface area (Å²) < 4.78 is 33.4. The molecule has 0 aliphatic carbocycles. The summed E-state index contributed by atoms with van der Waals surface area (Å²) >= 11 is 0. The summed E-state index contributed by atoms with van der Waals surface area (Å²) in [6.07, 6.45) is 0.278. The van der Waals surface area contributed by atoms with Gasteiger partial charge in [0.2, 0.25) is 0 Å². The number of aliphatic hydroxyl groups excluding tert-OH is 1. The van der Waals surface area contributed by atoms with Crippen molar-refractivity contribution in [3.05, 3.63) is 12.7 Å². The molecule has 0 aromatic rings. The third kappa shape index (κ3) is 12.6. The summed E-state index contributed by atoms with van der Waals surface area (Å²) in [5.74, 6) is -0.704. The second-order valence-electron chi connectivity index (χ2n) is 2.23. The fourth-order valence-electron chi connectivity index (χ4n) is 0.579. The van der Waals surface area contributed by atoms with Gasteiger partial charge >= 0.3 is 29.6 Å². The molecule has 0 aromatic heterocycles. The van der Waals surface area contributed by atoms with Crippen molar-refractivity contribution in [2.45, 2.75) is 6.10 Å². The van der Waals surface area contributed by atoms with Crippen molar-refractivity contribution in [3.63, 3.8) is 0 Å². The van der Waals surface area contributed by atoms with Gasteiger partial charge in [0.15, 0.2) is 0 Å². The van der Waals surface area contributed by atoms with Crippen LogP contribution >= 0.6 is 0 Å². The summed E-state index contributed by atoms with van der Waals surface area (Å²) in [4.78, 5) is 0. The zero-order valence-electron chi connectivity index (χ0n) is 6.51. The van der Waals surface area contributed by atoms with Crippen LogP contribution < -0.4 is 0 Å². The van der Waals surface area contributed by atoms with Gasteiger partial charge in [-0.1, -0.05) is 6.08 Å². The van der Waals surface area contributed by atoms with E-state index < -0.39 is 22.0 Å². The van der Waals surface area contributed by atoms with E-state index >= 15 is 0 Å². The van der Waals surface area contributed by atoms with Crippen LogP contribution in [0, 0.1) is 0 Å². The minimum absolute atomic E-state index is 0. The molecule has 0 saturated heterocycles. The van der Waals surface area contributed by atoms with Crippen LogP contribution in [-0.2, 0) is 14.9 Å². The molecule has 0 aromatic carbocycles. The molecular weight excluding hydrogens is 207 g/mol. The molecule has 0 amide bonds. The Hall–Kier alpha value is 0.570. The molecule has 0 radical (unpaired) electrons. The first-order chi connectivity index (χ1) is 5.45. The van der Waals surface area contributed by atoms with Crippen molar-refractivity contribution in [2.75, 3.05) is 19.0 Å². The monoisotopic (exact) mass is 220 g/mol. The summed E-state index contributed by atoms with van der Waals surface area (Å²) in [5, 5.41) is 8.91. The van der Waals surface area contributed by atoms with Crippen molar-refractivity contribution in [1.29, 1.82) is 0 Å². The zero-order chi connectivity index (χ0) is 9.61. The van der Waals surface area contributed by atoms with Gasteiger partial charge in [0.1, 0.15) is 5.75 Å². The molecule has 13 heavy (non-hydrogen) atoms. The van der Waals surface area contributed by atoms with Crippen LogP contribution in [-0.4, -0.2) is 72.7 Å². The van der Waals surface area contributed by atoms with Crippen LogP contribution in [0.3, 0.4) is 0 Å². The molecule has 7 heteroatoms. The van der Waals surface area contributed by atoms with Crippen molar-refractivity contribution < 1.29 is 22.8 Å². The molecule has 0 aliphatic rings.